The molecule has 1 atom stereocenters. The summed E-state index contributed by atoms with van der Waals surface area (Å²) in [4.78, 5) is 0. The second kappa shape index (κ2) is 7.35. The van der Waals surface area contributed by atoms with Gasteiger partial charge in [-0.1, -0.05) is 31.2 Å². The predicted octanol–water partition coefficient (Wildman–Crippen LogP) is 1.29. The maximum atomic E-state index is 12.2. The minimum Gasteiger partial charge on any atom is -0.392 e. The quantitative estimate of drug-likeness (QED) is 0.831. The minimum atomic E-state index is -3.36. The maximum absolute atomic E-state index is 12.2. The molecule has 1 unspecified atom stereocenters. The van der Waals surface area contributed by atoms with E-state index in [0.29, 0.717) is 32.0 Å². The molecule has 1 heterocycles. The van der Waals surface area contributed by atoms with E-state index >= 15 is 0 Å². The highest BCUT2D eigenvalue weighted by molar-refractivity contribution is 7.87. The fraction of sp³-hybridized carbons (Fsp3) is 0.600. The summed E-state index contributed by atoms with van der Waals surface area (Å²) in [7, 11) is -3.36. The first kappa shape index (κ1) is 16.4. The number of piperidine rings is 1. The molecule has 1 aromatic carbocycles. The molecule has 5 nitrogen and oxygen atoms in total. The van der Waals surface area contributed by atoms with Crippen LogP contribution in [0.1, 0.15) is 30.9 Å². The first-order chi connectivity index (χ1) is 10.0. The summed E-state index contributed by atoms with van der Waals surface area (Å²) in [5.74, 6) is 0.432. The van der Waals surface area contributed by atoms with Crippen LogP contribution in [0.25, 0.3) is 0 Å². The van der Waals surface area contributed by atoms with Crippen molar-refractivity contribution in [1.82, 2.24) is 9.03 Å². The van der Waals surface area contributed by atoms with E-state index in [0.717, 1.165) is 24.0 Å². The molecular weight excluding hydrogens is 288 g/mol. The number of nitrogens with one attached hydrogen (secondary N) is 1. The Labute approximate surface area is 127 Å². The highest BCUT2D eigenvalue weighted by Gasteiger charge is 2.26. The summed E-state index contributed by atoms with van der Waals surface area (Å²) < 4.78 is 28.6. The fourth-order valence-electron chi connectivity index (χ4n) is 2.59. The van der Waals surface area contributed by atoms with E-state index in [1.54, 1.807) is 4.31 Å². The van der Waals surface area contributed by atoms with Gasteiger partial charge in [0.05, 0.1) is 6.61 Å². The van der Waals surface area contributed by atoms with E-state index < -0.39 is 10.2 Å². The molecule has 0 amide bonds. The molecule has 0 radical (unpaired) electrons. The van der Waals surface area contributed by atoms with Crippen LogP contribution in [0.3, 0.4) is 0 Å². The van der Waals surface area contributed by atoms with Gasteiger partial charge in [0.25, 0.3) is 10.2 Å². The number of aliphatic hydroxyl groups excluding tert-OH is 1. The van der Waals surface area contributed by atoms with E-state index in [-0.39, 0.29) is 6.61 Å². The van der Waals surface area contributed by atoms with Gasteiger partial charge in [-0.15, -0.1) is 0 Å². The lowest BCUT2D eigenvalue weighted by Gasteiger charge is -2.29. The third-order valence-electron chi connectivity index (χ3n) is 3.86. The Morgan fingerprint density at radius 1 is 1.29 bits per heavy atom. The summed E-state index contributed by atoms with van der Waals surface area (Å²) in [5.41, 5.74) is 1.92. The zero-order valence-electron chi connectivity index (χ0n) is 12.5. The molecule has 21 heavy (non-hydrogen) atoms. The van der Waals surface area contributed by atoms with Crippen molar-refractivity contribution in [2.75, 3.05) is 19.6 Å². The summed E-state index contributed by atoms with van der Waals surface area (Å²) >= 11 is 0. The van der Waals surface area contributed by atoms with Crippen molar-refractivity contribution < 1.29 is 13.5 Å². The van der Waals surface area contributed by atoms with Crippen LogP contribution < -0.4 is 4.72 Å². The molecule has 1 aromatic rings. The summed E-state index contributed by atoms with van der Waals surface area (Å²) in [6.07, 6.45) is 2.68. The second-order valence-electron chi connectivity index (χ2n) is 5.73. The van der Waals surface area contributed by atoms with Crippen LogP contribution in [0.15, 0.2) is 24.3 Å². The molecule has 0 saturated carbocycles. The van der Waals surface area contributed by atoms with Crippen LogP contribution in [0.2, 0.25) is 0 Å². The van der Waals surface area contributed by atoms with Gasteiger partial charge in [-0.05, 0) is 36.3 Å². The van der Waals surface area contributed by atoms with Gasteiger partial charge >= 0.3 is 0 Å². The summed E-state index contributed by atoms with van der Waals surface area (Å²) in [5, 5.41) is 8.98. The minimum absolute atomic E-state index is 0.0278. The van der Waals surface area contributed by atoms with Crippen molar-refractivity contribution >= 4 is 10.2 Å². The normalized spacial score (nSPS) is 20.6. The zero-order chi connectivity index (χ0) is 15.3. The van der Waals surface area contributed by atoms with Crippen molar-refractivity contribution in [1.29, 1.82) is 0 Å². The Bertz CT molecular complexity index is 543. The van der Waals surface area contributed by atoms with Crippen molar-refractivity contribution in [3.8, 4) is 0 Å². The Hall–Kier alpha value is -0.950. The zero-order valence-corrected chi connectivity index (χ0v) is 13.3. The number of nitrogens with zero attached hydrogens (tertiary/aromatic N) is 1. The van der Waals surface area contributed by atoms with Gasteiger partial charge in [0.15, 0.2) is 0 Å². The van der Waals surface area contributed by atoms with Crippen molar-refractivity contribution in [2.24, 2.45) is 5.92 Å². The molecule has 1 fully saturated rings. The third kappa shape index (κ3) is 4.78. The topological polar surface area (TPSA) is 69.6 Å². The Morgan fingerprint density at radius 2 is 1.95 bits per heavy atom. The molecule has 1 aliphatic heterocycles. The average Bonchev–Trinajstić information content (AvgIpc) is 2.48. The highest BCUT2D eigenvalue weighted by atomic mass is 32.2. The van der Waals surface area contributed by atoms with E-state index in [4.69, 9.17) is 5.11 Å². The van der Waals surface area contributed by atoms with Crippen LogP contribution >= 0.6 is 0 Å². The van der Waals surface area contributed by atoms with Crippen LogP contribution in [-0.4, -0.2) is 37.5 Å². The molecule has 1 saturated heterocycles. The molecule has 2 rings (SSSR count). The SMILES string of the molecule is CC1CCCN(S(=O)(=O)NCCc2ccc(CO)cc2)C1. The molecule has 0 aromatic heterocycles. The number of hydrogen-bond donors (Lipinski definition) is 2. The number of rotatable bonds is 6. The van der Waals surface area contributed by atoms with Crippen LogP contribution in [0, 0.1) is 5.92 Å². The van der Waals surface area contributed by atoms with Gasteiger partial charge in [0.1, 0.15) is 0 Å². The lowest BCUT2D eigenvalue weighted by molar-refractivity contribution is 0.278. The standard InChI is InChI=1S/C15H24N2O3S/c1-13-3-2-10-17(11-13)21(19,20)16-9-8-14-4-6-15(12-18)7-5-14/h4-7,13,16,18H,2-3,8-12H2,1H3. The molecule has 0 bridgehead atoms. The maximum Gasteiger partial charge on any atom is 0.279 e. The number of aliphatic hydroxyl groups is 1. The Kier molecular flexibility index (Phi) is 5.75. The van der Waals surface area contributed by atoms with Gasteiger partial charge in [0, 0.05) is 19.6 Å². The molecule has 0 aliphatic carbocycles. The van der Waals surface area contributed by atoms with Gasteiger partial charge in [0.2, 0.25) is 0 Å². The molecular formula is C15H24N2O3S. The van der Waals surface area contributed by atoms with Crippen LogP contribution in [0.5, 0.6) is 0 Å². The van der Waals surface area contributed by atoms with Crippen molar-refractivity contribution in [3.63, 3.8) is 0 Å². The molecule has 6 heteroatoms. The largest absolute Gasteiger partial charge is 0.392 e. The van der Waals surface area contributed by atoms with E-state index in [1.165, 1.54) is 0 Å². The first-order valence-electron chi connectivity index (χ1n) is 7.44. The number of benzene rings is 1. The van der Waals surface area contributed by atoms with Crippen molar-refractivity contribution in [3.05, 3.63) is 35.4 Å². The molecule has 2 N–H and O–H groups in total. The van der Waals surface area contributed by atoms with Gasteiger partial charge in [-0.2, -0.15) is 12.7 Å². The summed E-state index contributed by atoms with van der Waals surface area (Å²) in [6.45, 7) is 3.74. The first-order valence-corrected chi connectivity index (χ1v) is 8.88. The van der Waals surface area contributed by atoms with Crippen LogP contribution in [-0.2, 0) is 23.2 Å². The van der Waals surface area contributed by atoms with Crippen molar-refractivity contribution in [2.45, 2.75) is 32.8 Å². The molecule has 118 valence electrons. The van der Waals surface area contributed by atoms with E-state index in [2.05, 4.69) is 11.6 Å². The van der Waals surface area contributed by atoms with Crippen LogP contribution in [0.4, 0.5) is 0 Å². The van der Waals surface area contributed by atoms with E-state index in [9.17, 15) is 8.42 Å². The third-order valence-corrected chi connectivity index (χ3v) is 5.44. The molecule has 1 aliphatic rings. The fourth-order valence-corrected chi connectivity index (χ4v) is 3.95. The van der Waals surface area contributed by atoms with Gasteiger partial charge < -0.3 is 5.11 Å². The van der Waals surface area contributed by atoms with Gasteiger partial charge in [-0.25, -0.2) is 4.72 Å². The molecule has 0 spiro atoms. The average molecular weight is 312 g/mol. The lowest BCUT2D eigenvalue weighted by Crippen LogP contribution is -2.46. The Morgan fingerprint density at radius 3 is 2.57 bits per heavy atom. The monoisotopic (exact) mass is 312 g/mol. The lowest BCUT2D eigenvalue weighted by atomic mass is 10.0. The van der Waals surface area contributed by atoms with E-state index in [1.807, 2.05) is 24.3 Å². The highest BCUT2D eigenvalue weighted by Crippen LogP contribution is 2.17. The summed E-state index contributed by atoms with van der Waals surface area (Å²) in [6, 6.07) is 7.55. The van der Waals surface area contributed by atoms with Gasteiger partial charge in [-0.3, -0.25) is 0 Å². The predicted molar refractivity (Wildman–Crippen MR) is 83.0 cm³/mol. The number of hydrogen-bond acceptors (Lipinski definition) is 3. The Balaban J connectivity index is 1.83. The smallest absolute Gasteiger partial charge is 0.279 e. The second-order valence-corrected chi connectivity index (χ2v) is 7.48.